The van der Waals surface area contributed by atoms with Crippen LogP contribution in [0.15, 0.2) is 89.5 Å². The third-order valence-corrected chi connectivity index (χ3v) is 8.19. The van der Waals surface area contributed by atoms with E-state index in [0.717, 1.165) is 41.0 Å². The number of aryl methyl sites for hydroxylation is 2. The molecule has 1 saturated heterocycles. The van der Waals surface area contributed by atoms with E-state index in [9.17, 15) is 9.59 Å². The second kappa shape index (κ2) is 15.9. The Labute approximate surface area is 265 Å². The number of aromatic nitrogens is 1. The Morgan fingerprint density at radius 1 is 0.911 bits per heavy atom. The molecule has 3 aromatic carbocycles. The predicted octanol–water partition coefficient (Wildman–Crippen LogP) is 6.62. The van der Waals surface area contributed by atoms with Gasteiger partial charge in [0.2, 0.25) is 17.7 Å². The Hall–Kier alpha value is -4.59. The Bertz CT molecular complexity index is 1490. The molecule has 0 aliphatic carbocycles. The molecule has 8 heteroatoms. The fraction of sp³-hybridized carbons (Fsp3) is 0.378. The van der Waals surface area contributed by atoms with Gasteiger partial charge in [-0.1, -0.05) is 54.6 Å². The molecule has 1 aromatic heterocycles. The smallest absolute Gasteiger partial charge is 0.222 e. The Morgan fingerprint density at radius 2 is 1.58 bits per heavy atom. The molecule has 1 fully saturated rings. The average molecular weight is 610 g/mol. The molecule has 236 valence electrons. The van der Waals surface area contributed by atoms with Crippen LogP contribution in [0.25, 0.3) is 0 Å². The number of oxazole rings is 1. The molecule has 2 amide bonds. The van der Waals surface area contributed by atoms with Crippen molar-refractivity contribution in [3.05, 3.63) is 113 Å². The van der Waals surface area contributed by atoms with Crippen molar-refractivity contribution in [1.82, 2.24) is 15.2 Å². The first kappa shape index (κ1) is 31.8. The van der Waals surface area contributed by atoms with Crippen LogP contribution in [0.1, 0.15) is 67.0 Å². The topological polar surface area (TPSA) is 93.9 Å². The minimum absolute atomic E-state index is 0.0288. The number of rotatable bonds is 14. The summed E-state index contributed by atoms with van der Waals surface area (Å²) >= 11 is 0. The fourth-order valence-corrected chi connectivity index (χ4v) is 5.66. The molecule has 4 aromatic rings. The lowest BCUT2D eigenvalue weighted by Crippen LogP contribution is -2.40. The molecule has 0 radical (unpaired) electrons. The summed E-state index contributed by atoms with van der Waals surface area (Å²) in [5, 5.41) is 3.17. The molecule has 0 saturated carbocycles. The van der Waals surface area contributed by atoms with Crippen molar-refractivity contribution in [1.29, 1.82) is 0 Å². The highest BCUT2D eigenvalue weighted by Gasteiger charge is 2.26. The van der Waals surface area contributed by atoms with Crippen molar-refractivity contribution in [3.8, 4) is 11.5 Å². The molecule has 1 aliphatic heterocycles. The quantitative estimate of drug-likeness (QED) is 0.173. The van der Waals surface area contributed by atoms with E-state index in [1.54, 1.807) is 6.20 Å². The summed E-state index contributed by atoms with van der Waals surface area (Å²) in [6.07, 6.45) is 5.46. The van der Waals surface area contributed by atoms with Gasteiger partial charge in [0.1, 0.15) is 29.9 Å². The van der Waals surface area contributed by atoms with Gasteiger partial charge in [0.25, 0.3) is 0 Å². The van der Waals surface area contributed by atoms with Crippen LogP contribution in [0.5, 0.6) is 11.5 Å². The lowest BCUT2D eigenvalue weighted by atomic mass is 9.92. The van der Waals surface area contributed by atoms with E-state index in [-0.39, 0.29) is 23.8 Å². The summed E-state index contributed by atoms with van der Waals surface area (Å²) in [5.41, 5.74) is 3.28. The number of hydrogen-bond donors (Lipinski definition) is 1. The lowest BCUT2D eigenvalue weighted by Gasteiger charge is -2.32. The first-order valence-electron chi connectivity index (χ1n) is 15.9. The van der Waals surface area contributed by atoms with Gasteiger partial charge in [0.05, 0.1) is 12.8 Å². The highest BCUT2D eigenvalue weighted by Crippen LogP contribution is 2.25. The van der Waals surface area contributed by atoms with E-state index >= 15 is 0 Å². The maximum Gasteiger partial charge on any atom is 0.222 e. The number of benzene rings is 3. The van der Waals surface area contributed by atoms with Crippen LogP contribution in [0.4, 0.5) is 0 Å². The summed E-state index contributed by atoms with van der Waals surface area (Å²) in [6, 6.07) is 25.5. The van der Waals surface area contributed by atoms with Crippen molar-refractivity contribution in [2.45, 2.75) is 65.0 Å². The van der Waals surface area contributed by atoms with Crippen molar-refractivity contribution >= 4 is 11.8 Å². The van der Waals surface area contributed by atoms with Crippen LogP contribution in [0, 0.1) is 12.8 Å². The van der Waals surface area contributed by atoms with Gasteiger partial charge in [-0.05, 0) is 80.0 Å². The van der Waals surface area contributed by atoms with Gasteiger partial charge in [-0.2, -0.15) is 0 Å². The van der Waals surface area contributed by atoms with E-state index < -0.39 is 0 Å². The Morgan fingerprint density at radius 3 is 2.22 bits per heavy atom. The molecule has 0 unspecified atom stereocenters. The third kappa shape index (κ3) is 9.70. The maximum atomic E-state index is 13.2. The van der Waals surface area contributed by atoms with E-state index in [1.165, 1.54) is 0 Å². The van der Waals surface area contributed by atoms with Gasteiger partial charge >= 0.3 is 0 Å². The number of carbonyl (C=O) groups excluding carboxylic acids is 2. The largest absolute Gasteiger partial charge is 0.494 e. The molecule has 5 rings (SSSR count). The van der Waals surface area contributed by atoms with Gasteiger partial charge in [-0.3, -0.25) is 9.59 Å². The Balaban J connectivity index is 1.08. The number of likely N-dealkylation sites (tertiary alicyclic amines) is 1. The van der Waals surface area contributed by atoms with Crippen LogP contribution in [-0.4, -0.2) is 41.4 Å². The highest BCUT2D eigenvalue weighted by atomic mass is 16.5. The molecule has 1 N–H and O–H groups in total. The molecule has 0 spiro atoms. The van der Waals surface area contributed by atoms with Crippen molar-refractivity contribution in [3.63, 3.8) is 0 Å². The summed E-state index contributed by atoms with van der Waals surface area (Å²) in [6.45, 7) is 6.32. The van der Waals surface area contributed by atoms with Crippen molar-refractivity contribution < 1.29 is 23.5 Å². The van der Waals surface area contributed by atoms with E-state index in [2.05, 4.69) is 10.3 Å². The zero-order valence-corrected chi connectivity index (χ0v) is 26.2. The van der Waals surface area contributed by atoms with Gasteiger partial charge in [-0.15, -0.1) is 0 Å². The van der Waals surface area contributed by atoms with E-state index in [1.807, 2.05) is 97.6 Å². The van der Waals surface area contributed by atoms with Crippen LogP contribution >= 0.6 is 0 Å². The summed E-state index contributed by atoms with van der Waals surface area (Å²) in [4.78, 5) is 32.4. The molecule has 1 aliphatic rings. The molecule has 1 atom stereocenters. The third-order valence-electron chi connectivity index (χ3n) is 8.19. The molecule has 45 heavy (non-hydrogen) atoms. The Kier molecular flexibility index (Phi) is 11.3. The number of hydrogen-bond acceptors (Lipinski definition) is 6. The number of piperidine rings is 1. The van der Waals surface area contributed by atoms with Crippen LogP contribution in [0.3, 0.4) is 0 Å². The zero-order valence-electron chi connectivity index (χ0n) is 26.2. The van der Waals surface area contributed by atoms with Crippen molar-refractivity contribution in [2.75, 3.05) is 19.7 Å². The number of amides is 2. The SMILES string of the molecule is CCOc1ccc(CCC(=O)N2CCC(CC(=O)N[C@@H](Cc3ccc(OCc4ccccc4)cc3)c3ncc(C)o3)CC2)cc1. The summed E-state index contributed by atoms with van der Waals surface area (Å²) in [5.74, 6) is 3.21. The standard InChI is InChI=1S/C37H43N3O5/c1-3-43-32-14-9-28(10-15-32)13-18-36(42)40-21-19-30(20-22-40)24-35(41)39-34(37-38-25-27(2)45-37)23-29-11-16-33(17-12-29)44-26-31-7-5-4-6-8-31/h4-12,14-17,25,30,34H,3,13,18-24,26H2,1-2H3,(H,39,41)/t34-/m0/s1. The van der Waals surface area contributed by atoms with Gasteiger partial charge in [0.15, 0.2) is 0 Å². The molecular weight excluding hydrogens is 566 g/mol. The van der Waals surface area contributed by atoms with E-state index in [4.69, 9.17) is 13.9 Å². The van der Waals surface area contributed by atoms with Gasteiger partial charge in [-0.25, -0.2) is 4.98 Å². The van der Waals surface area contributed by atoms with Crippen molar-refractivity contribution in [2.24, 2.45) is 5.92 Å². The molecular formula is C37H43N3O5. The van der Waals surface area contributed by atoms with Crippen LogP contribution in [0.2, 0.25) is 0 Å². The minimum Gasteiger partial charge on any atom is -0.494 e. The van der Waals surface area contributed by atoms with Crippen LogP contribution < -0.4 is 14.8 Å². The fourth-order valence-electron chi connectivity index (χ4n) is 5.66. The lowest BCUT2D eigenvalue weighted by molar-refractivity contribution is -0.132. The first-order chi connectivity index (χ1) is 21.9. The summed E-state index contributed by atoms with van der Waals surface area (Å²) < 4.78 is 17.3. The minimum atomic E-state index is -0.383. The maximum absolute atomic E-state index is 13.2. The summed E-state index contributed by atoms with van der Waals surface area (Å²) in [7, 11) is 0. The van der Waals surface area contributed by atoms with Gasteiger partial charge in [0, 0.05) is 32.4 Å². The average Bonchev–Trinajstić information content (AvgIpc) is 3.50. The molecule has 0 bridgehead atoms. The second-order valence-corrected chi connectivity index (χ2v) is 11.7. The highest BCUT2D eigenvalue weighted by molar-refractivity contribution is 5.77. The predicted molar refractivity (Wildman–Crippen MR) is 173 cm³/mol. The van der Waals surface area contributed by atoms with E-state index in [0.29, 0.717) is 63.6 Å². The number of nitrogens with one attached hydrogen (secondary N) is 1. The van der Waals surface area contributed by atoms with Crippen LogP contribution in [-0.2, 0) is 29.0 Å². The zero-order chi connectivity index (χ0) is 31.4. The first-order valence-corrected chi connectivity index (χ1v) is 15.9. The number of ether oxygens (including phenoxy) is 2. The number of carbonyl (C=O) groups is 2. The molecule has 8 nitrogen and oxygen atoms in total. The van der Waals surface area contributed by atoms with Gasteiger partial charge < -0.3 is 24.1 Å². The second-order valence-electron chi connectivity index (χ2n) is 11.7. The monoisotopic (exact) mass is 609 g/mol. The number of nitrogens with zero attached hydrogens (tertiary/aromatic N) is 2. The normalized spacial score (nSPS) is 14.1. The molecule has 2 heterocycles.